The normalized spacial score (nSPS) is 9.18. The molecule has 0 spiro atoms. The second-order valence-electron chi connectivity index (χ2n) is 3.01. The van der Waals surface area contributed by atoms with Crippen LogP contribution in [-0.4, -0.2) is 23.7 Å². The first-order valence-corrected chi connectivity index (χ1v) is 4.87. The summed E-state index contributed by atoms with van der Waals surface area (Å²) in [5.74, 6) is -1.14. The number of nitriles is 1. The van der Waals surface area contributed by atoms with Crippen LogP contribution in [0.25, 0.3) is 0 Å². The van der Waals surface area contributed by atoms with E-state index in [9.17, 15) is 9.59 Å². The molecule has 6 nitrogen and oxygen atoms in total. The summed E-state index contributed by atoms with van der Waals surface area (Å²) >= 11 is 5.75. The van der Waals surface area contributed by atoms with E-state index in [-0.39, 0.29) is 5.02 Å². The van der Waals surface area contributed by atoms with Crippen LogP contribution in [0.1, 0.15) is 5.56 Å². The van der Waals surface area contributed by atoms with Crippen molar-refractivity contribution in [3.63, 3.8) is 0 Å². The summed E-state index contributed by atoms with van der Waals surface area (Å²) < 4.78 is 0. The molecule has 7 heteroatoms. The van der Waals surface area contributed by atoms with Gasteiger partial charge in [0.1, 0.15) is 12.6 Å². The molecular formula is C10H8ClN3O3. The SMILES string of the molecule is N#Cc1ccc(NC(=O)NCC(=O)O)cc1Cl. The van der Waals surface area contributed by atoms with Gasteiger partial charge in [0, 0.05) is 5.69 Å². The lowest BCUT2D eigenvalue weighted by Gasteiger charge is -2.06. The molecular weight excluding hydrogens is 246 g/mol. The Bertz CT molecular complexity index is 496. The first-order valence-electron chi connectivity index (χ1n) is 4.49. The summed E-state index contributed by atoms with van der Waals surface area (Å²) in [4.78, 5) is 21.4. The van der Waals surface area contributed by atoms with E-state index in [0.717, 1.165) is 0 Å². The van der Waals surface area contributed by atoms with E-state index in [1.807, 2.05) is 6.07 Å². The molecule has 0 aliphatic carbocycles. The second-order valence-corrected chi connectivity index (χ2v) is 3.42. The second kappa shape index (κ2) is 5.72. The van der Waals surface area contributed by atoms with E-state index in [1.54, 1.807) is 0 Å². The topological polar surface area (TPSA) is 102 Å². The van der Waals surface area contributed by atoms with Gasteiger partial charge >= 0.3 is 12.0 Å². The van der Waals surface area contributed by atoms with Crippen LogP contribution in [0.5, 0.6) is 0 Å². The van der Waals surface area contributed by atoms with Crippen molar-refractivity contribution in [1.29, 1.82) is 5.26 Å². The minimum absolute atomic E-state index is 0.212. The Morgan fingerprint density at radius 3 is 2.71 bits per heavy atom. The zero-order chi connectivity index (χ0) is 12.8. The molecule has 17 heavy (non-hydrogen) atoms. The van der Waals surface area contributed by atoms with Crippen molar-refractivity contribution in [2.45, 2.75) is 0 Å². The number of carbonyl (C=O) groups excluding carboxylic acids is 1. The third-order valence-corrected chi connectivity index (χ3v) is 2.06. The molecule has 0 aliphatic heterocycles. The maximum atomic E-state index is 11.2. The fourth-order valence-electron chi connectivity index (χ4n) is 1.01. The molecule has 0 bridgehead atoms. The monoisotopic (exact) mass is 253 g/mol. The van der Waals surface area contributed by atoms with Gasteiger partial charge in [-0.25, -0.2) is 4.79 Å². The highest BCUT2D eigenvalue weighted by molar-refractivity contribution is 6.32. The van der Waals surface area contributed by atoms with Gasteiger partial charge < -0.3 is 15.7 Å². The predicted molar refractivity (Wildman–Crippen MR) is 60.8 cm³/mol. The molecule has 1 rings (SSSR count). The van der Waals surface area contributed by atoms with E-state index in [2.05, 4.69) is 10.6 Å². The number of rotatable bonds is 3. The Labute approximate surface area is 102 Å². The molecule has 3 N–H and O–H groups in total. The van der Waals surface area contributed by atoms with Crippen LogP contribution in [0.15, 0.2) is 18.2 Å². The molecule has 0 saturated carbocycles. The van der Waals surface area contributed by atoms with Crippen molar-refractivity contribution in [2.75, 3.05) is 11.9 Å². The van der Waals surface area contributed by atoms with Crippen molar-refractivity contribution in [3.8, 4) is 6.07 Å². The van der Waals surface area contributed by atoms with Gasteiger partial charge in [-0.1, -0.05) is 11.6 Å². The summed E-state index contributed by atoms with van der Waals surface area (Å²) in [6.07, 6.45) is 0. The number of hydrogen-bond donors (Lipinski definition) is 3. The third-order valence-electron chi connectivity index (χ3n) is 1.75. The lowest BCUT2D eigenvalue weighted by Crippen LogP contribution is -2.33. The van der Waals surface area contributed by atoms with Crippen molar-refractivity contribution in [2.24, 2.45) is 0 Å². The van der Waals surface area contributed by atoms with E-state index in [0.29, 0.717) is 11.3 Å². The first-order chi connectivity index (χ1) is 8.02. The van der Waals surface area contributed by atoms with Gasteiger partial charge in [0.05, 0.1) is 10.6 Å². The quantitative estimate of drug-likeness (QED) is 0.758. The Hall–Kier alpha value is -2.26. The number of carboxylic acid groups (broad SMARTS) is 1. The van der Waals surface area contributed by atoms with Crippen molar-refractivity contribution in [3.05, 3.63) is 28.8 Å². The Morgan fingerprint density at radius 2 is 2.18 bits per heavy atom. The highest BCUT2D eigenvalue weighted by Gasteiger charge is 2.05. The predicted octanol–water partition coefficient (Wildman–Crippen LogP) is 1.42. The van der Waals surface area contributed by atoms with Gasteiger partial charge in [-0.15, -0.1) is 0 Å². The fourth-order valence-corrected chi connectivity index (χ4v) is 1.24. The zero-order valence-corrected chi connectivity index (χ0v) is 9.28. The zero-order valence-electron chi connectivity index (χ0n) is 8.53. The number of carbonyl (C=O) groups is 2. The summed E-state index contributed by atoms with van der Waals surface area (Å²) in [5, 5.41) is 21.7. The molecule has 0 aromatic heterocycles. The number of halogens is 1. The summed E-state index contributed by atoms with van der Waals surface area (Å²) in [7, 11) is 0. The van der Waals surface area contributed by atoms with Gasteiger partial charge in [0.2, 0.25) is 0 Å². The van der Waals surface area contributed by atoms with Crippen LogP contribution in [0.4, 0.5) is 10.5 Å². The Balaban J connectivity index is 2.64. The molecule has 2 amide bonds. The van der Waals surface area contributed by atoms with Crippen LogP contribution in [0.3, 0.4) is 0 Å². The van der Waals surface area contributed by atoms with Crippen LogP contribution < -0.4 is 10.6 Å². The van der Waals surface area contributed by atoms with Crippen LogP contribution in [0.2, 0.25) is 5.02 Å². The first kappa shape index (κ1) is 12.8. The third kappa shape index (κ3) is 4.01. The number of benzene rings is 1. The number of amides is 2. The van der Waals surface area contributed by atoms with Crippen LogP contribution >= 0.6 is 11.6 Å². The lowest BCUT2D eigenvalue weighted by atomic mass is 10.2. The molecule has 0 aliphatic rings. The summed E-state index contributed by atoms with van der Waals surface area (Å²) in [6, 6.07) is 5.57. The van der Waals surface area contributed by atoms with E-state index in [4.69, 9.17) is 22.0 Å². The number of anilines is 1. The fraction of sp³-hybridized carbons (Fsp3) is 0.100. The number of urea groups is 1. The van der Waals surface area contributed by atoms with Crippen molar-refractivity contribution in [1.82, 2.24) is 5.32 Å². The number of nitrogens with zero attached hydrogens (tertiary/aromatic N) is 1. The lowest BCUT2D eigenvalue weighted by molar-refractivity contribution is -0.135. The van der Waals surface area contributed by atoms with Gasteiger partial charge in [0.15, 0.2) is 0 Å². The Morgan fingerprint density at radius 1 is 1.47 bits per heavy atom. The average Bonchev–Trinajstić information content (AvgIpc) is 2.26. The minimum Gasteiger partial charge on any atom is -0.480 e. The molecule has 0 atom stereocenters. The average molecular weight is 254 g/mol. The molecule has 0 unspecified atom stereocenters. The van der Waals surface area contributed by atoms with Gasteiger partial charge in [-0.05, 0) is 18.2 Å². The van der Waals surface area contributed by atoms with Crippen molar-refractivity contribution >= 4 is 29.3 Å². The molecule has 88 valence electrons. The van der Waals surface area contributed by atoms with E-state index in [1.165, 1.54) is 18.2 Å². The summed E-state index contributed by atoms with van der Waals surface area (Å²) in [6.45, 7) is -0.476. The largest absolute Gasteiger partial charge is 0.480 e. The minimum atomic E-state index is -1.14. The van der Waals surface area contributed by atoms with Crippen LogP contribution in [0, 0.1) is 11.3 Å². The number of carboxylic acids is 1. The summed E-state index contributed by atoms with van der Waals surface area (Å²) in [5.41, 5.74) is 0.667. The molecule has 0 heterocycles. The molecule has 1 aromatic carbocycles. The van der Waals surface area contributed by atoms with Gasteiger partial charge in [0.25, 0.3) is 0 Å². The maximum absolute atomic E-state index is 11.2. The highest BCUT2D eigenvalue weighted by Crippen LogP contribution is 2.19. The van der Waals surface area contributed by atoms with Gasteiger partial charge in [-0.2, -0.15) is 5.26 Å². The van der Waals surface area contributed by atoms with E-state index >= 15 is 0 Å². The molecule has 0 saturated heterocycles. The van der Waals surface area contributed by atoms with Crippen LogP contribution in [-0.2, 0) is 4.79 Å². The molecule has 0 radical (unpaired) electrons. The number of nitrogens with one attached hydrogen (secondary N) is 2. The van der Waals surface area contributed by atoms with E-state index < -0.39 is 18.5 Å². The highest BCUT2D eigenvalue weighted by atomic mass is 35.5. The molecule has 0 fully saturated rings. The van der Waals surface area contributed by atoms with Gasteiger partial charge in [-0.3, -0.25) is 4.79 Å². The standard InChI is InChI=1S/C10H8ClN3O3/c11-8-3-7(2-1-6(8)4-12)14-10(17)13-5-9(15)16/h1-3H,5H2,(H,15,16)(H2,13,14,17). The smallest absolute Gasteiger partial charge is 0.323 e. The molecule has 1 aromatic rings. The number of aliphatic carboxylic acids is 1. The van der Waals surface area contributed by atoms with Crippen molar-refractivity contribution < 1.29 is 14.7 Å². The number of hydrogen-bond acceptors (Lipinski definition) is 3. The Kier molecular flexibility index (Phi) is 4.31. The maximum Gasteiger partial charge on any atom is 0.323 e.